The molecule has 0 bridgehead atoms. The van der Waals surface area contributed by atoms with Crippen LogP contribution in [0.1, 0.15) is 84.0 Å². The number of carbonyl (C=O) groups excluding carboxylic acids is 1. The Kier molecular flexibility index (Phi) is 6.40. The highest BCUT2D eigenvalue weighted by atomic mass is 16.1. The quantitative estimate of drug-likeness (QED) is 0.589. The number of rotatable bonds is 6. The molecule has 0 heterocycles. The largest absolute Gasteiger partial charge is 0.303 e. The fourth-order valence-corrected chi connectivity index (χ4v) is 4.28. The van der Waals surface area contributed by atoms with Crippen LogP contribution in [0, 0.1) is 23.7 Å². The van der Waals surface area contributed by atoms with E-state index < -0.39 is 0 Å². The summed E-state index contributed by atoms with van der Waals surface area (Å²) in [5.74, 6) is 3.38. The van der Waals surface area contributed by atoms with Crippen molar-refractivity contribution in [1.82, 2.24) is 0 Å². The first-order valence-electron chi connectivity index (χ1n) is 8.77. The van der Waals surface area contributed by atoms with Crippen LogP contribution in [0.15, 0.2) is 0 Å². The van der Waals surface area contributed by atoms with Gasteiger partial charge in [0.2, 0.25) is 0 Å². The molecule has 19 heavy (non-hydrogen) atoms. The Morgan fingerprint density at radius 2 is 1.37 bits per heavy atom. The Balaban J connectivity index is 1.62. The lowest BCUT2D eigenvalue weighted by molar-refractivity contribution is -0.112. The summed E-state index contributed by atoms with van der Waals surface area (Å²) in [5, 5.41) is 0. The Bertz CT molecular complexity index is 244. The molecule has 2 aliphatic rings. The van der Waals surface area contributed by atoms with Crippen LogP contribution in [0.25, 0.3) is 0 Å². The van der Waals surface area contributed by atoms with Crippen molar-refractivity contribution in [3.8, 4) is 0 Å². The number of aldehydes is 1. The molecule has 0 atom stereocenters. The van der Waals surface area contributed by atoms with E-state index in [0.29, 0.717) is 5.92 Å². The molecule has 2 rings (SSSR count). The molecule has 0 aliphatic heterocycles. The van der Waals surface area contributed by atoms with Gasteiger partial charge >= 0.3 is 0 Å². The minimum absolute atomic E-state index is 0.390. The fraction of sp³-hybridized carbons (Fsp3) is 0.944. The second kappa shape index (κ2) is 8.07. The first kappa shape index (κ1) is 15.1. The highest BCUT2D eigenvalue weighted by Gasteiger charge is 2.26. The molecular formula is C18H32O. The highest BCUT2D eigenvalue weighted by molar-refractivity contribution is 5.53. The third-order valence-electron chi connectivity index (χ3n) is 5.68. The zero-order valence-corrected chi connectivity index (χ0v) is 12.8. The third-order valence-corrected chi connectivity index (χ3v) is 5.68. The summed E-state index contributed by atoms with van der Waals surface area (Å²) in [6.45, 7) is 2.31. The summed E-state index contributed by atoms with van der Waals surface area (Å²) in [4.78, 5) is 10.8. The summed E-state index contributed by atoms with van der Waals surface area (Å²) in [6, 6.07) is 0. The van der Waals surface area contributed by atoms with E-state index in [1.54, 1.807) is 0 Å². The van der Waals surface area contributed by atoms with Gasteiger partial charge in [0.1, 0.15) is 6.29 Å². The van der Waals surface area contributed by atoms with E-state index >= 15 is 0 Å². The molecule has 0 saturated heterocycles. The maximum atomic E-state index is 10.8. The Labute approximate surface area is 119 Å². The van der Waals surface area contributed by atoms with Crippen LogP contribution >= 0.6 is 0 Å². The van der Waals surface area contributed by atoms with Gasteiger partial charge in [-0.15, -0.1) is 0 Å². The molecule has 0 aromatic carbocycles. The van der Waals surface area contributed by atoms with E-state index in [1.807, 2.05) is 0 Å². The van der Waals surface area contributed by atoms with Crippen molar-refractivity contribution >= 4 is 6.29 Å². The zero-order chi connectivity index (χ0) is 13.5. The van der Waals surface area contributed by atoms with E-state index in [1.165, 1.54) is 83.3 Å². The third kappa shape index (κ3) is 4.93. The minimum Gasteiger partial charge on any atom is -0.303 e. The van der Waals surface area contributed by atoms with Gasteiger partial charge in [-0.2, -0.15) is 0 Å². The van der Waals surface area contributed by atoms with E-state index in [4.69, 9.17) is 0 Å². The summed E-state index contributed by atoms with van der Waals surface area (Å²) < 4.78 is 0. The molecule has 0 aromatic rings. The van der Waals surface area contributed by atoms with Crippen LogP contribution in [0.5, 0.6) is 0 Å². The highest BCUT2D eigenvalue weighted by Crippen LogP contribution is 2.39. The van der Waals surface area contributed by atoms with Gasteiger partial charge in [-0.05, 0) is 49.9 Å². The van der Waals surface area contributed by atoms with Crippen molar-refractivity contribution in [2.24, 2.45) is 23.7 Å². The maximum absolute atomic E-state index is 10.8. The lowest BCUT2D eigenvalue weighted by atomic mass is 9.73. The van der Waals surface area contributed by atoms with Gasteiger partial charge < -0.3 is 4.79 Å². The monoisotopic (exact) mass is 264 g/mol. The average Bonchev–Trinajstić information content (AvgIpc) is 2.47. The van der Waals surface area contributed by atoms with Crippen molar-refractivity contribution in [2.45, 2.75) is 84.0 Å². The summed E-state index contributed by atoms with van der Waals surface area (Å²) in [6.07, 6.45) is 17.9. The second-order valence-electron chi connectivity index (χ2n) is 7.18. The van der Waals surface area contributed by atoms with E-state index in [9.17, 15) is 4.79 Å². The van der Waals surface area contributed by atoms with Gasteiger partial charge in [-0.25, -0.2) is 0 Å². The Morgan fingerprint density at radius 1 is 0.842 bits per heavy atom. The molecular weight excluding hydrogens is 232 g/mol. The lowest BCUT2D eigenvalue weighted by Crippen LogP contribution is -2.21. The van der Waals surface area contributed by atoms with Crippen molar-refractivity contribution in [3.63, 3.8) is 0 Å². The molecule has 2 fully saturated rings. The minimum atomic E-state index is 0.390. The van der Waals surface area contributed by atoms with E-state index in [0.717, 1.165) is 17.8 Å². The molecule has 0 unspecified atom stereocenters. The van der Waals surface area contributed by atoms with E-state index in [2.05, 4.69) is 6.92 Å². The summed E-state index contributed by atoms with van der Waals surface area (Å²) in [5.41, 5.74) is 0. The number of hydrogen-bond acceptors (Lipinski definition) is 1. The molecule has 0 spiro atoms. The molecule has 0 aromatic heterocycles. The number of hydrogen-bond donors (Lipinski definition) is 0. The normalized spacial score (nSPS) is 36.1. The predicted molar refractivity (Wildman–Crippen MR) is 81.1 cm³/mol. The number of unbranched alkanes of at least 4 members (excludes halogenated alkanes) is 1. The first-order valence-corrected chi connectivity index (χ1v) is 8.77. The molecule has 0 amide bonds. The molecule has 1 heteroatoms. The first-order chi connectivity index (χ1) is 9.31. The molecule has 2 aliphatic carbocycles. The lowest BCUT2D eigenvalue weighted by Gasteiger charge is -2.33. The molecule has 0 radical (unpaired) electrons. The summed E-state index contributed by atoms with van der Waals surface area (Å²) in [7, 11) is 0. The maximum Gasteiger partial charge on any atom is 0.123 e. The van der Waals surface area contributed by atoms with Gasteiger partial charge in [0, 0.05) is 5.92 Å². The zero-order valence-electron chi connectivity index (χ0n) is 12.8. The smallest absolute Gasteiger partial charge is 0.123 e. The van der Waals surface area contributed by atoms with Crippen molar-refractivity contribution < 1.29 is 4.79 Å². The van der Waals surface area contributed by atoms with Crippen LogP contribution in [0.4, 0.5) is 0 Å². The molecule has 110 valence electrons. The van der Waals surface area contributed by atoms with E-state index in [-0.39, 0.29) is 0 Å². The fourth-order valence-electron chi connectivity index (χ4n) is 4.28. The molecule has 2 saturated carbocycles. The summed E-state index contributed by atoms with van der Waals surface area (Å²) >= 11 is 0. The van der Waals surface area contributed by atoms with Crippen LogP contribution < -0.4 is 0 Å². The van der Waals surface area contributed by atoms with Gasteiger partial charge in [-0.3, -0.25) is 0 Å². The van der Waals surface area contributed by atoms with Gasteiger partial charge in [0.05, 0.1) is 0 Å². The second-order valence-corrected chi connectivity index (χ2v) is 7.18. The van der Waals surface area contributed by atoms with Crippen LogP contribution in [-0.4, -0.2) is 6.29 Å². The molecule has 0 N–H and O–H groups in total. The van der Waals surface area contributed by atoms with Crippen molar-refractivity contribution in [1.29, 1.82) is 0 Å². The van der Waals surface area contributed by atoms with Crippen LogP contribution in [0.2, 0.25) is 0 Å². The topological polar surface area (TPSA) is 17.1 Å². The number of carbonyl (C=O) groups is 1. The van der Waals surface area contributed by atoms with Crippen LogP contribution in [-0.2, 0) is 4.79 Å². The van der Waals surface area contributed by atoms with Crippen molar-refractivity contribution in [3.05, 3.63) is 0 Å². The van der Waals surface area contributed by atoms with Gasteiger partial charge in [0.15, 0.2) is 0 Å². The average molecular weight is 264 g/mol. The van der Waals surface area contributed by atoms with Gasteiger partial charge in [-0.1, -0.05) is 51.9 Å². The Morgan fingerprint density at radius 3 is 1.89 bits per heavy atom. The van der Waals surface area contributed by atoms with Crippen molar-refractivity contribution in [2.75, 3.05) is 0 Å². The molecule has 1 nitrogen and oxygen atoms in total. The van der Waals surface area contributed by atoms with Crippen LogP contribution in [0.3, 0.4) is 0 Å². The standard InChI is InChI=1S/C18H32O/c1-2-3-4-15-5-7-16(8-6-15)13-17-9-11-18(14-19)12-10-17/h14-18H,2-13H2,1H3. The Hall–Kier alpha value is -0.330. The van der Waals surface area contributed by atoms with Gasteiger partial charge in [0.25, 0.3) is 0 Å². The SMILES string of the molecule is CCCCC1CCC(CC2CCC(C=O)CC2)CC1. The predicted octanol–water partition coefficient (Wildman–Crippen LogP) is 5.38.